The Kier molecular flexibility index (Phi) is 7.07. The fraction of sp³-hybridized carbons (Fsp3) is 0.889. The summed E-state index contributed by atoms with van der Waals surface area (Å²) in [5.41, 5.74) is 0. The zero-order valence-corrected chi connectivity index (χ0v) is 15.1. The summed E-state index contributed by atoms with van der Waals surface area (Å²) >= 11 is 0. The van der Waals surface area contributed by atoms with Crippen LogP contribution in [-0.2, 0) is 14.3 Å². The number of carbonyl (C=O) groups is 2. The smallest absolute Gasteiger partial charge is 0.344 e. The van der Waals surface area contributed by atoms with Crippen molar-refractivity contribution in [1.29, 1.82) is 0 Å². The molecule has 0 radical (unpaired) electrons. The summed E-state index contributed by atoms with van der Waals surface area (Å²) in [7, 11) is 0. The molecule has 0 aromatic carbocycles. The van der Waals surface area contributed by atoms with Crippen LogP contribution in [0.15, 0.2) is 0 Å². The fourth-order valence-electron chi connectivity index (χ4n) is 4.33. The fourth-order valence-corrected chi connectivity index (χ4v) is 4.33. The molecule has 0 aromatic heterocycles. The molecule has 2 saturated heterocycles. The highest BCUT2D eigenvalue weighted by Crippen LogP contribution is 2.21. The molecule has 1 saturated carbocycles. The Hall–Kier alpha value is -1.18. The number of hydrogen-bond acceptors (Lipinski definition) is 6. The first-order valence-electron chi connectivity index (χ1n) is 9.87. The van der Waals surface area contributed by atoms with E-state index in [4.69, 9.17) is 4.74 Å². The highest BCUT2D eigenvalue weighted by atomic mass is 16.5. The largest absolute Gasteiger partial charge is 0.460 e. The average molecular weight is 352 g/mol. The number of esters is 1. The van der Waals surface area contributed by atoms with Crippen molar-refractivity contribution in [1.82, 2.24) is 20.4 Å². The average Bonchev–Trinajstić information content (AvgIpc) is 2.68. The predicted molar refractivity (Wildman–Crippen MR) is 95.0 cm³/mol. The van der Waals surface area contributed by atoms with Crippen LogP contribution in [0, 0.1) is 0 Å². The van der Waals surface area contributed by atoms with Gasteiger partial charge in [0.15, 0.2) is 6.17 Å². The Bertz CT molecular complexity index is 428. The van der Waals surface area contributed by atoms with Gasteiger partial charge in [-0.05, 0) is 51.6 Å². The molecule has 7 heteroatoms. The summed E-state index contributed by atoms with van der Waals surface area (Å²) in [6.07, 6.45) is 7.75. The Morgan fingerprint density at radius 1 is 1.04 bits per heavy atom. The molecule has 1 unspecified atom stereocenters. The molecule has 7 nitrogen and oxygen atoms in total. The molecule has 3 fully saturated rings. The van der Waals surface area contributed by atoms with E-state index in [9.17, 15) is 9.59 Å². The van der Waals surface area contributed by atoms with Crippen molar-refractivity contribution in [2.45, 2.75) is 63.3 Å². The molecular weight excluding hydrogens is 320 g/mol. The maximum Gasteiger partial charge on any atom is 0.344 e. The van der Waals surface area contributed by atoms with E-state index in [1.165, 1.54) is 19.3 Å². The summed E-state index contributed by atoms with van der Waals surface area (Å²) < 4.78 is 5.68. The summed E-state index contributed by atoms with van der Waals surface area (Å²) in [5.74, 6) is -0.297. The van der Waals surface area contributed by atoms with E-state index < -0.39 is 6.17 Å². The number of piperidine rings is 1. The Morgan fingerprint density at radius 2 is 1.72 bits per heavy atom. The lowest BCUT2D eigenvalue weighted by molar-refractivity contribution is -0.160. The van der Waals surface area contributed by atoms with Gasteiger partial charge in [-0.3, -0.25) is 14.6 Å². The lowest BCUT2D eigenvalue weighted by Gasteiger charge is -2.42. The number of nitrogens with one attached hydrogen (secondary N) is 2. The SMILES string of the molecule is O=CNC(C(=O)OC1CCCCC1)N1CCN(C2CCNCC2)CC1. The maximum atomic E-state index is 12.6. The topological polar surface area (TPSA) is 73.9 Å². The van der Waals surface area contributed by atoms with E-state index in [0.29, 0.717) is 12.5 Å². The summed E-state index contributed by atoms with van der Waals surface area (Å²) in [6.45, 7) is 5.64. The summed E-state index contributed by atoms with van der Waals surface area (Å²) in [5, 5.41) is 6.08. The quantitative estimate of drug-likeness (QED) is 0.529. The number of rotatable bonds is 6. The van der Waals surface area contributed by atoms with E-state index in [0.717, 1.165) is 65.0 Å². The zero-order chi connectivity index (χ0) is 17.5. The van der Waals surface area contributed by atoms with Crippen LogP contribution in [0.4, 0.5) is 0 Å². The van der Waals surface area contributed by atoms with Crippen molar-refractivity contribution in [3.63, 3.8) is 0 Å². The monoisotopic (exact) mass is 352 g/mol. The van der Waals surface area contributed by atoms with E-state index in [1.54, 1.807) is 0 Å². The van der Waals surface area contributed by atoms with Crippen LogP contribution in [-0.4, -0.2) is 79.8 Å². The van der Waals surface area contributed by atoms with Crippen molar-refractivity contribution in [3.05, 3.63) is 0 Å². The maximum absolute atomic E-state index is 12.6. The van der Waals surface area contributed by atoms with Crippen molar-refractivity contribution in [2.24, 2.45) is 0 Å². The third-order valence-electron chi connectivity index (χ3n) is 5.82. The first kappa shape index (κ1) is 18.6. The van der Waals surface area contributed by atoms with Gasteiger partial charge in [0.2, 0.25) is 6.41 Å². The number of hydrogen-bond donors (Lipinski definition) is 2. The van der Waals surface area contributed by atoms with Crippen LogP contribution in [0.2, 0.25) is 0 Å². The van der Waals surface area contributed by atoms with Crippen molar-refractivity contribution < 1.29 is 14.3 Å². The highest BCUT2D eigenvalue weighted by Gasteiger charge is 2.33. The molecule has 1 atom stereocenters. The van der Waals surface area contributed by atoms with Gasteiger partial charge >= 0.3 is 5.97 Å². The Morgan fingerprint density at radius 3 is 2.36 bits per heavy atom. The number of ether oxygens (including phenoxy) is 1. The van der Waals surface area contributed by atoms with Crippen LogP contribution < -0.4 is 10.6 Å². The van der Waals surface area contributed by atoms with Gasteiger partial charge in [-0.1, -0.05) is 6.42 Å². The molecule has 25 heavy (non-hydrogen) atoms. The summed E-state index contributed by atoms with van der Waals surface area (Å²) in [6, 6.07) is 0.648. The van der Waals surface area contributed by atoms with Gasteiger partial charge in [0.05, 0.1) is 0 Å². The first-order chi connectivity index (χ1) is 12.3. The van der Waals surface area contributed by atoms with Crippen LogP contribution in [0.5, 0.6) is 0 Å². The molecule has 1 aliphatic carbocycles. The second-order valence-electron chi connectivity index (χ2n) is 7.44. The number of nitrogens with zero attached hydrogens (tertiary/aromatic N) is 2. The molecular formula is C18H32N4O3. The van der Waals surface area contributed by atoms with E-state index in [1.807, 2.05) is 0 Å². The van der Waals surface area contributed by atoms with Gasteiger partial charge < -0.3 is 15.4 Å². The number of piperazine rings is 1. The predicted octanol–water partition coefficient (Wildman–Crippen LogP) is 0.304. The molecule has 1 amide bonds. The Balaban J connectivity index is 1.50. The molecule has 2 aliphatic heterocycles. The van der Waals surface area contributed by atoms with Crippen LogP contribution >= 0.6 is 0 Å². The normalized spacial score (nSPS) is 26.1. The van der Waals surface area contributed by atoms with Gasteiger partial charge in [-0.15, -0.1) is 0 Å². The van der Waals surface area contributed by atoms with Gasteiger partial charge in [0.25, 0.3) is 0 Å². The summed E-state index contributed by atoms with van der Waals surface area (Å²) in [4.78, 5) is 28.2. The van der Waals surface area contributed by atoms with E-state index >= 15 is 0 Å². The molecule has 0 spiro atoms. The molecule has 2 heterocycles. The van der Waals surface area contributed by atoms with Crippen LogP contribution in [0.1, 0.15) is 44.9 Å². The van der Waals surface area contributed by atoms with E-state index in [2.05, 4.69) is 20.4 Å². The number of amides is 1. The van der Waals surface area contributed by atoms with Gasteiger partial charge in [-0.2, -0.15) is 0 Å². The van der Waals surface area contributed by atoms with Gasteiger partial charge in [0, 0.05) is 32.2 Å². The molecule has 0 bridgehead atoms. The molecule has 3 rings (SSSR count). The minimum absolute atomic E-state index is 0.0215. The number of carbonyl (C=O) groups excluding carboxylic acids is 2. The van der Waals surface area contributed by atoms with Crippen molar-refractivity contribution in [3.8, 4) is 0 Å². The first-order valence-corrected chi connectivity index (χ1v) is 9.87. The van der Waals surface area contributed by atoms with Crippen molar-refractivity contribution in [2.75, 3.05) is 39.3 Å². The van der Waals surface area contributed by atoms with Crippen LogP contribution in [0.3, 0.4) is 0 Å². The highest BCUT2D eigenvalue weighted by molar-refractivity contribution is 5.78. The standard InChI is InChI=1S/C18H32N4O3/c23-14-20-17(18(24)25-16-4-2-1-3-5-16)22-12-10-21(11-13-22)15-6-8-19-9-7-15/h14-17,19H,1-13H2,(H,20,23). The minimum atomic E-state index is -0.644. The van der Waals surface area contributed by atoms with Gasteiger partial charge in [-0.25, -0.2) is 4.79 Å². The minimum Gasteiger partial charge on any atom is -0.460 e. The van der Waals surface area contributed by atoms with Crippen LogP contribution in [0.25, 0.3) is 0 Å². The third-order valence-corrected chi connectivity index (χ3v) is 5.82. The lowest BCUT2D eigenvalue weighted by Crippen LogP contribution is -2.60. The zero-order valence-electron chi connectivity index (χ0n) is 15.1. The lowest BCUT2D eigenvalue weighted by atomic mass is 9.98. The molecule has 3 aliphatic rings. The second kappa shape index (κ2) is 9.50. The second-order valence-corrected chi connectivity index (χ2v) is 7.44. The third kappa shape index (κ3) is 5.15. The molecule has 142 valence electrons. The van der Waals surface area contributed by atoms with Crippen molar-refractivity contribution >= 4 is 12.4 Å². The van der Waals surface area contributed by atoms with Gasteiger partial charge in [0.1, 0.15) is 6.10 Å². The molecule has 2 N–H and O–H groups in total. The van der Waals surface area contributed by atoms with E-state index in [-0.39, 0.29) is 12.1 Å². The Labute approximate surface area is 150 Å². The molecule has 0 aromatic rings.